The van der Waals surface area contributed by atoms with Crippen LogP contribution in [0.25, 0.3) is 5.69 Å². The molecule has 0 fully saturated rings. The van der Waals surface area contributed by atoms with Crippen LogP contribution in [0.15, 0.2) is 60.8 Å². The number of nitrogens with zero attached hydrogens (tertiary/aromatic N) is 2. The second-order valence-corrected chi connectivity index (χ2v) is 5.61. The average molecular weight is 336 g/mol. The van der Waals surface area contributed by atoms with Crippen molar-refractivity contribution in [2.75, 3.05) is 17.2 Å². The SMILES string of the molecule is Cc1ncc(CNc2cccc(NC(=O)CO)c2)n1-c1ccccc1. The van der Waals surface area contributed by atoms with Gasteiger partial charge in [0.15, 0.2) is 0 Å². The van der Waals surface area contributed by atoms with Crippen molar-refractivity contribution in [2.24, 2.45) is 0 Å². The van der Waals surface area contributed by atoms with Gasteiger partial charge in [0, 0.05) is 17.1 Å². The van der Waals surface area contributed by atoms with Gasteiger partial charge >= 0.3 is 0 Å². The zero-order valence-electron chi connectivity index (χ0n) is 13.9. The fourth-order valence-corrected chi connectivity index (χ4v) is 2.65. The van der Waals surface area contributed by atoms with Gasteiger partial charge in [-0.25, -0.2) is 4.98 Å². The lowest BCUT2D eigenvalue weighted by Gasteiger charge is -2.12. The first-order valence-electron chi connectivity index (χ1n) is 8.00. The van der Waals surface area contributed by atoms with E-state index in [-0.39, 0.29) is 0 Å². The molecular formula is C19H20N4O2. The van der Waals surface area contributed by atoms with E-state index in [1.54, 1.807) is 6.07 Å². The fraction of sp³-hybridized carbons (Fsp3) is 0.158. The van der Waals surface area contributed by atoms with E-state index in [2.05, 4.69) is 20.2 Å². The summed E-state index contributed by atoms with van der Waals surface area (Å²) < 4.78 is 2.10. The van der Waals surface area contributed by atoms with Gasteiger partial charge < -0.3 is 15.7 Å². The molecule has 128 valence electrons. The summed E-state index contributed by atoms with van der Waals surface area (Å²) in [6, 6.07) is 17.4. The molecule has 6 heteroatoms. The van der Waals surface area contributed by atoms with Crippen LogP contribution in [0.1, 0.15) is 11.5 Å². The second-order valence-electron chi connectivity index (χ2n) is 5.61. The third-order valence-corrected chi connectivity index (χ3v) is 3.79. The molecule has 0 unspecified atom stereocenters. The Morgan fingerprint density at radius 1 is 1.12 bits per heavy atom. The van der Waals surface area contributed by atoms with Crippen LogP contribution in [0.2, 0.25) is 0 Å². The smallest absolute Gasteiger partial charge is 0.250 e. The summed E-state index contributed by atoms with van der Waals surface area (Å²) in [5.74, 6) is 0.488. The van der Waals surface area contributed by atoms with E-state index in [0.29, 0.717) is 12.2 Å². The maximum absolute atomic E-state index is 11.3. The fourth-order valence-electron chi connectivity index (χ4n) is 2.65. The molecule has 1 heterocycles. The number of para-hydroxylation sites is 1. The maximum Gasteiger partial charge on any atom is 0.250 e. The minimum Gasteiger partial charge on any atom is -0.387 e. The number of carbonyl (C=O) groups is 1. The Labute approximate surface area is 146 Å². The number of aryl methyl sites for hydroxylation is 1. The van der Waals surface area contributed by atoms with E-state index in [1.165, 1.54) is 0 Å². The highest BCUT2D eigenvalue weighted by atomic mass is 16.3. The highest BCUT2D eigenvalue weighted by Crippen LogP contribution is 2.18. The molecule has 0 aliphatic rings. The van der Waals surface area contributed by atoms with E-state index in [4.69, 9.17) is 5.11 Å². The Bertz CT molecular complexity index is 859. The molecule has 6 nitrogen and oxygen atoms in total. The largest absolute Gasteiger partial charge is 0.387 e. The Morgan fingerprint density at radius 3 is 2.64 bits per heavy atom. The molecular weight excluding hydrogens is 316 g/mol. The molecule has 0 saturated heterocycles. The second kappa shape index (κ2) is 7.63. The number of aliphatic hydroxyl groups excluding tert-OH is 1. The van der Waals surface area contributed by atoms with E-state index >= 15 is 0 Å². The first kappa shape index (κ1) is 16.7. The highest BCUT2D eigenvalue weighted by molar-refractivity contribution is 5.91. The number of aliphatic hydroxyl groups is 1. The normalized spacial score (nSPS) is 10.5. The van der Waals surface area contributed by atoms with Crippen LogP contribution in [-0.4, -0.2) is 27.2 Å². The number of carbonyl (C=O) groups excluding carboxylic acids is 1. The van der Waals surface area contributed by atoms with Gasteiger partial charge in [0.2, 0.25) is 5.91 Å². The Kier molecular flexibility index (Phi) is 5.11. The summed E-state index contributed by atoms with van der Waals surface area (Å²) in [6.45, 7) is 2.03. The molecule has 3 N–H and O–H groups in total. The summed E-state index contributed by atoms with van der Waals surface area (Å²) in [5.41, 5.74) is 3.61. The number of anilines is 2. The van der Waals surface area contributed by atoms with Crippen molar-refractivity contribution < 1.29 is 9.90 Å². The average Bonchev–Trinajstić information content (AvgIpc) is 3.01. The van der Waals surface area contributed by atoms with Crippen LogP contribution in [-0.2, 0) is 11.3 Å². The minimum absolute atomic E-state index is 0.435. The topological polar surface area (TPSA) is 79.2 Å². The maximum atomic E-state index is 11.3. The highest BCUT2D eigenvalue weighted by Gasteiger charge is 2.08. The lowest BCUT2D eigenvalue weighted by Crippen LogP contribution is -2.15. The van der Waals surface area contributed by atoms with E-state index in [0.717, 1.165) is 22.9 Å². The van der Waals surface area contributed by atoms with Crippen LogP contribution in [0.5, 0.6) is 0 Å². The van der Waals surface area contributed by atoms with Gasteiger partial charge in [0.05, 0.1) is 18.4 Å². The number of hydrogen-bond acceptors (Lipinski definition) is 4. The van der Waals surface area contributed by atoms with Crippen molar-refractivity contribution in [1.82, 2.24) is 9.55 Å². The first-order chi connectivity index (χ1) is 12.2. The van der Waals surface area contributed by atoms with E-state index in [1.807, 2.05) is 61.7 Å². The summed E-state index contributed by atoms with van der Waals surface area (Å²) in [7, 11) is 0. The first-order valence-corrected chi connectivity index (χ1v) is 8.00. The van der Waals surface area contributed by atoms with E-state index < -0.39 is 12.5 Å². The van der Waals surface area contributed by atoms with Gasteiger partial charge in [-0.15, -0.1) is 0 Å². The number of amides is 1. The molecule has 3 rings (SSSR count). The Morgan fingerprint density at radius 2 is 1.88 bits per heavy atom. The predicted octanol–water partition coefficient (Wildman–Crippen LogP) is 2.72. The Hall–Kier alpha value is -3.12. The standard InChI is InChI=1S/C19H20N4O2/c1-14-20-11-18(23(14)17-8-3-2-4-9-17)12-21-15-6-5-7-16(10-15)22-19(25)13-24/h2-11,21,24H,12-13H2,1H3,(H,22,25). The Balaban J connectivity index is 1.75. The van der Waals surface area contributed by atoms with Gasteiger partial charge in [0.25, 0.3) is 0 Å². The molecule has 0 radical (unpaired) electrons. The molecule has 0 atom stereocenters. The van der Waals surface area contributed by atoms with Crippen molar-refractivity contribution >= 4 is 17.3 Å². The molecule has 2 aromatic carbocycles. The number of rotatable bonds is 6. The summed E-state index contributed by atoms with van der Waals surface area (Å²) in [5, 5.41) is 14.8. The van der Waals surface area contributed by atoms with E-state index in [9.17, 15) is 4.79 Å². The van der Waals surface area contributed by atoms with Crippen molar-refractivity contribution in [3.63, 3.8) is 0 Å². The van der Waals surface area contributed by atoms with Crippen molar-refractivity contribution in [1.29, 1.82) is 0 Å². The number of hydrogen-bond donors (Lipinski definition) is 3. The van der Waals surface area contributed by atoms with Crippen molar-refractivity contribution in [3.8, 4) is 5.69 Å². The molecule has 25 heavy (non-hydrogen) atoms. The van der Waals surface area contributed by atoms with Crippen LogP contribution < -0.4 is 10.6 Å². The molecule has 0 aliphatic heterocycles. The van der Waals surface area contributed by atoms with Crippen LogP contribution in [0.4, 0.5) is 11.4 Å². The summed E-state index contributed by atoms with van der Waals surface area (Å²) in [6.07, 6.45) is 1.85. The number of benzene rings is 2. The third-order valence-electron chi connectivity index (χ3n) is 3.79. The van der Waals surface area contributed by atoms with Gasteiger partial charge in [-0.3, -0.25) is 9.36 Å². The molecule has 1 aromatic heterocycles. The summed E-state index contributed by atoms with van der Waals surface area (Å²) in [4.78, 5) is 15.7. The molecule has 0 bridgehead atoms. The van der Waals surface area contributed by atoms with Gasteiger partial charge in [0.1, 0.15) is 12.4 Å². The van der Waals surface area contributed by atoms with Crippen LogP contribution >= 0.6 is 0 Å². The number of aromatic nitrogens is 2. The molecule has 0 saturated carbocycles. The zero-order valence-corrected chi connectivity index (χ0v) is 13.9. The number of nitrogens with one attached hydrogen (secondary N) is 2. The van der Waals surface area contributed by atoms with Gasteiger partial charge in [-0.05, 0) is 37.3 Å². The lowest BCUT2D eigenvalue weighted by atomic mass is 10.2. The predicted molar refractivity (Wildman–Crippen MR) is 97.8 cm³/mol. The molecule has 3 aromatic rings. The minimum atomic E-state index is -0.535. The molecule has 0 spiro atoms. The van der Waals surface area contributed by atoms with Crippen LogP contribution in [0.3, 0.4) is 0 Å². The monoisotopic (exact) mass is 336 g/mol. The number of imidazole rings is 1. The molecule has 0 aliphatic carbocycles. The van der Waals surface area contributed by atoms with Gasteiger partial charge in [-0.1, -0.05) is 24.3 Å². The third kappa shape index (κ3) is 4.05. The summed E-state index contributed by atoms with van der Waals surface area (Å²) >= 11 is 0. The van der Waals surface area contributed by atoms with Gasteiger partial charge in [-0.2, -0.15) is 0 Å². The zero-order chi connectivity index (χ0) is 17.6. The van der Waals surface area contributed by atoms with Crippen molar-refractivity contribution in [3.05, 3.63) is 72.3 Å². The quantitative estimate of drug-likeness (QED) is 0.647. The van der Waals surface area contributed by atoms with Crippen molar-refractivity contribution in [2.45, 2.75) is 13.5 Å². The molecule has 1 amide bonds. The van der Waals surface area contributed by atoms with Crippen LogP contribution in [0, 0.1) is 6.92 Å². The lowest BCUT2D eigenvalue weighted by molar-refractivity contribution is -0.118.